The van der Waals surface area contributed by atoms with Gasteiger partial charge in [-0.25, -0.2) is 0 Å². The highest BCUT2D eigenvalue weighted by Crippen LogP contribution is 2.12. The normalized spacial score (nSPS) is 10.9. The van der Waals surface area contributed by atoms with Gasteiger partial charge in [-0.3, -0.25) is 0 Å². The third kappa shape index (κ3) is 6.13. The zero-order chi connectivity index (χ0) is 13.4. The molecule has 110 valence electrons. The Labute approximate surface area is 135 Å². The molecule has 2 nitrogen and oxygen atoms in total. The van der Waals surface area contributed by atoms with Gasteiger partial charge in [0.15, 0.2) is 0 Å². The van der Waals surface area contributed by atoms with E-state index in [4.69, 9.17) is 4.74 Å². The van der Waals surface area contributed by atoms with Gasteiger partial charge in [-0.15, -0.1) is 0 Å². The lowest BCUT2D eigenvalue weighted by Crippen LogP contribution is -3.00. The summed E-state index contributed by atoms with van der Waals surface area (Å²) in [5.41, 5.74) is 1.28. The average Bonchev–Trinajstić information content (AvgIpc) is 2.42. The highest BCUT2D eigenvalue weighted by molar-refractivity contribution is 5.26. The molecule has 0 N–H and O–H groups in total. The second-order valence-electron chi connectivity index (χ2n) is 5.03. The summed E-state index contributed by atoms with van der Waals surface area (Å²) < 4.78 is 6.99. The maximum absolute atomic E-state index is 5.78. The number of hydrogen-bond acceptors (Lipinski definition) is 1. The number of quaternary nitrogens is 1. The van der Waals surface area contributed by atoms with Crippen LogP contribution < -0.4 is 28.7 Å². The molecule has 0 unspecified atom stereocenters. The highest BCUT2D eigenvalue weighted by atomic mass is 127. The SMILES string of the molecule is CC[N+](CC)(CC)CCCOc1ccc(C)cc1.[I-]. The Morgan fingerprint density at radius 3 is 1.95 bits per heavy atom. The van der Waals surface area contributed by atoms with Gasteiger partial charge in [0.25, 0.3) is 0 Å². The molecule has 0 heterocycles. The van der Waals surface area contributed by atoms with Crippen molar-refractivity contribution in [3.63, 3.8) is 0 Å². The molecular weight excluding hydrogens is 349 g/mol. The van der Waals surface area contributed by atoms with E-state index in [0.717, 1.165) is 18.8 Å². The van der Waals surface area contributed by atoms with Gasteiger partial charge < -0.3 is 33.2 Å². The van der Waals surface area contributed by atoms with Crippen LogP contribution in [-0.4, -0.2) is 37.3 Å². The Balaban J connectivity index is 0.00000324. The second kappa shape index (κ2) is 9.59. The molecule has 0 spiro atoms. The van der Waals surface area contributed by atoms with Crippen molar-refractivity contribution in [1.82, 2.24) is 0 Å². The first-order valence-corrected chi connectivity index (χ1v) is 7.20. The van der Waals surface area contributed by atoms with Crippen LogP contribution in [0.2, 0.25) is 0 Å². The van der Waals surface area contributed by atoms with E-state index in [-0.39, 0.29) is 24.0 Å². The Bertz CT molecular complexity index is 325. The molecule has 0 atom stereocenters. The van der Waals surface area contributed by atoms with Crippen LogP contribution in [0.4, 0.5) is 0 Å². The number of rotatable bonds is 8. The minimum Gasteiger partial charge on any atom is -1.00 e. The van der Waals surface area contributed by atoms with Crippen LogP contribution >= 0.6 is 0 Å². The molecule has 3 heteroatoms. The van der Waals surface area contributed by atoms with Crippen molar-refractivity contribution in [2.75, 3.05) is 32.8 Å². The summed E-state index contributed by atoms with van der Waals surface area (Å²) in [6.45, 7) is 14.7. The zero-order valence-electron chi connectivity index (χ0n) is 12.8. The van der Waals surface area contributed by atoms with Gasteiger partial charge in [-0.1, -0.05) is 17.7 Å². The van der Waals surface area contributed by atoms with Gasteiger partial charge in [0.1, 0.15) is 5.75 Å². The number of hydrogen-bond donors (Lipinski definition) is 0. The lowest BCUT2D eigenvalue weighted by atomic mass is 10.2. The van der Waals surface area contributed by atoms with Crippen LogP contribution in [-0.2, 0) is 0 Å². The van der Waals surface area contributed by atoms with E-state index in [9.17, 15) is 0 Å². The molecule has 0 saturated carbocycles. The molecule has 0 bridgehead atoms. The van der Waals surface area contributed by atoms with Gasteiger partial charge in [0.05, 0.1) is 32.8 Å². The van der Waals surface area contributed by atoms with E-state index in [1.807, 2.05) is 0 Å². The summed E-state index contributed by atoms with van der Waals surface area (Å²) in [6, 6.07) is 8.30. The molecular formula is C16H28INO. The van der Waals surface area contributed by atoms with E-state index >= 15 is 0 Å². The fourth-order valence-corrected chi connectivity index (χ4v) is 2.37. The quantitative estimate of drug-likeness (QED) is 0.367. The molecule has 0 aromatic heterocycles. The average molecular weight is 377 g/mol. The molecule has 0 aliphatic heterocycles. The number of aryl methyl sites for hydroxylation is 1. The van der Waals surface area contributed by atoms with Gasteiger partial charge in [0, 0.05) is 6.42 Å². The van der Waals surface area contributed by atoms with Gasteiger partial charge in [-0.05, 0) is 39.8 Å². The summed E-state index contributed by atoms with van der Waals surface area (Å²) in [6.07, 6.45) is 1.13. The van der Waals surface area contributed by atoms with E-state index in [2.05, 4.69) is 52.0 Å². The predicted octanol–water partition coefficient (Wildman–Crippen LogP) is 0.644. The van der Waals surface area contributed by atoms with Crippen molar-refractivity contribution in [2.45, 2.75) is 34.1 Å². The Morgan fingerprint density at radius 1 is 0.947 bits per heavy atom. The lowest BCUT2D eigenvalue weighted by Gasteiger charge is -2.35. The molecule has 1 aromatic rings. The third-order valence-corrected chi connectivity index (χ3v) is 4.08. The van der Waals surface area contributed by atoms with Crippen molar-refractivity contribution >= 4 is 0 Å². The number of benzene rings is 1. The maximum Gasteiger partial charge on any atom is 0.119 e. The van der Waals surface area contributed by atoms with Gasteiger partial charge in [-0.2, -0.15) is 0 Å². The third-order valence-electron chi connectivity index (χ3n) is 4.08. The summed E-state index contributed by atoms with van der Waals surface area (Å²) in [4.78, 5) is 0. The second-order valence-corrected chi connectivity index (χ2v) is 5.03. The monoisotopic (exact) mass is 377 g/mol. The fraction of sp³-hybridized carbons (Fsp3) is 0.625. The molecule has 0 aliphatic rings. The molecule has 0 aliphatic carbocycles. The van der Waals surface area contributed by atoms with Crippen LogP contribution in [0.1, 0.15) is 32.8 Å². The van der Waals surface area contributed by atoms with Crippen LogP contribution in [0.3, 0.4) is 0 Å². The molecule has 1 aromatic carbocycles. The minimum absolute atomic E-state index is 0. The zero-order valence-corrected chi connectivity index (χ0v) is 14.9. The Morgan fingerprint density at radius 2 is 1.47 bits per heavy atom. The van der Waals surface area contributed by atoms with E-state index in [1.54, 1.807) is 0 Å². The summed E-state index contributed by atoms with van der Waals surface area (Å²) in [5, 5.41) is 0. The number of halogens is 1. The first kappa shape index (κ1) is 18.7. The number of ether oxygens (including phenoxy) is 1. The Hall–Kier alpha value is -0.290. The van der Waals surface area contributed by atoms with E-state index in [1.165, 1.54) is 36.2 Å². The molecule has 0 fully saturated rings. The fourth-order valence-electron chi connectivity index (χ4n) is 2.37. The van der Waals surface area contributed by atoms with E-state index in [0.29, 0.717) is 0 Å². The number of nitrogens with zero attached hydrogens (tertiary/aromatic N) is 1. The summed E-state index contributed by atoms with van der Waals surface area (Å²) >= 11 is 0. The van der Waals surface area contributed by atoms with Crippen LogP contribution in [0.5, 0.6) is 5.75 Å². The van der Waals surface area contributed by atoms with Gasteiger partial charge >= 0.3 is 0 Å². The smallest absolute Gasteiger partial charge is 0.119 e. The standard InChI is InChI=1S/C16H28NO.HI/c1-5-17(6-2,7-3)13-8-14-18-16-11-9-15(4)10-12-16;/h9-12H,5-8,13-14H2,1-4H3;1H/q+1;/p-1. The largest absolute Gasteiger partial charge is 1.00 e. The Kier molecular flexibility index (Phi) is 9.44. The van der Waals surface area contributed by atoms with E-state index < -0.39 is 0 Å². The highest BCUT2D eigenvalue weighted by Gasteiger charge is 2.19. The molecule has 0 amide bonds. The summed E-state index contributed by atoms with van der Waals surface area (Å²) in [5.74, 6) is 0.989. The maximum atomic E-state index is 5.78. The summed E-state index contributed by atoms with van der Waals surface area (Å²) in [7, 11) is 0. The minimum atomic E-state index is 0. The van der Waals surface area contributed by atoms with Crippen molar-refractivity contribution in [2.24, 2.45) is 0 Å². The topological polar surface area (TPSA) is 9.23 Å². The van der Waals surface area contributed by atoms with Crippen molar-refractivity contribution in [3.8, 4) is 5.75 Å². The van der Waals surface area contributed by atoms with Crippen molar-refractivity contribution in [3.05, 3.63) is 29.8 Å². The molecule has 19 heavy (non-hydrogen) atoms. The molecule has 0 saturated heterocycles. The molecule has 0 radical (unpaired) electrons. The lowest BCUT2D eigenvalue weighted by molar-refractivity contribution is -0.923. The first-order valence-electron chi connectivity index (χ1n) is 7.20. The van der Waals surface area contributed by atoms with Crippen LogP contribution in [0, 0.1) is 6.92 Å². The first-order chi connectivity index (χ1) is 8.65. The van der Waals surface area contributed by atoms with Gasteiger partial charge in [0.2, 0.25) is 0 Å². The van der Waals surface area contributed by atoms with Crippen molar-refractivity contribution in [1.29, 1.82) is 0 Å². The predicted molar refractivity (Wildman–Crippen MR) is 78.0 cm³/mol. The van der Waals surface area contributed by atoms with Crippen LogP contribution in [0.25, 0.3) is 0 Å². The van der Waals surface area contributed by atoms with Crippen LogP contribution in [0.15, 0.2) is 24.3 Å². The molecule has 1 rings (SSSR count). The van der Waals surface area contributed by atoms with Crippen molar-refractivity contribution < 1.29 is 33.2 Å².